The van der Waals surface area contributed by atoms with E-state index >= 15 is 0 Å². The molecule has 12 nitrogen and oxygen atoms in total. The molecular formula is C38H43F3N4O8S. The Morgan fingerprint density at radius 1 is 0.759 bits per heavy atom. The predicted octanol–water partition coefficient (Wildman–Crippen LogP) is 6.16. The Bertz CT molecular complexity index is 2060. The van der Waals surface area contributed by atoms with Crippen molar-refractivity contribution in [1.82, 2.24) is 9.80 Å². The minimum atomic E-state index is -4.68. The van der Waals surface area contributed by atoms with Gasteiger partial charge in [0, 0.05) is 56.1 Å². The molecule has 0 unspecified atom stereocenters. The lowest BCUT2D eigenvalue weighted by molar-refractivity contribution is -0.137. The number of carbonyl (C=O) groups excluding carboxylic acids is 1. The van der Waals surface area contributed by atoms with E-state index in [-0.39, 0.29) is 34.3 Å². The Kier molecular flexibility index (Phi) is 12.7. The highest BCUT2D eigenvalue weighted by Crippen LogP contribution is 2.40. The highest BCUT2D eigenvalue weighted by molar-refractivity contribution is 7.92. The van der Waals surface area contributed by atoms with Gasteiger partial charge in [-0.3, -0.25) is 14.4 Å². The summed E-state index contributed by atoms with van der Waals surface area (Å²) in [5, 5.41) is 3.12. The van der Waals surface area contributed by atoms with Gasteiger partial charge in [-0.05, 0) is 66.6 Å². The lowest BCUT2D eigenvalue weighted by Crippen LogP contribution is -2.48. The van der Waals surface area contributed by atoms with E-state index in [2.05, 4.69) is 14.9 Å². The number of piperazine rings is 1. The maximum atomic E-state index is 13.9. The highest BCUT2D eigenvalue weighted by atomic mass is 32.2. The van der Waals surface area contributed by atoms with E-state index in [0.717, 1.165) is 23.3 Å². The SMILES string of the molecule is COc1ccc(CCNc2ccc(C(=O)N3CCN(Cc4ccc(OC)c(OC)c4OC)CC3)cc2S(=O)(=O)Nc2cccc(C(F)(F)F)c2)cc1OC. The highest BCUT2D eigenvalue weighted by Gasteiger charge is 2.31. The number of halogens is 3. The van der Waals surface area contributed by atoms with Crippen molar-refractivity contribution in [3.63, 3.8) is 0 Å². The molecule has 1 heterocycles. The molecule has 5 rings (SSSR count). The molecule has 0 bridgehead atoms. The average Bonchev–Trinajstić information content (AvgIpc) is 3.17. The maximum absolute atomic E-state index is 13.9. The second-order valence-corrected chi connectivity index (χ2v) is 14.0. The number of rotatable bonds is 15. The van der Waals surface area contributed by atoms with Gasteiger partial charge in [0.15, 0.2) is 23.0 Å². The lowest BCUT2D eigenvalue weighted by Gasteiger charge is -2.35. The summed E-state index contributed by atoms with van der Waals surface area (Å²) in [4.78, 5) is 17.3. The van der Waals surface area contributed by atoms with E-state index in [1.54, 1.807) is 37.3 Å². The molecule has 0 radical (unpaired) electrons. The minimum absolute atomic E-state index is 0.111. The Balaban J connectivity index is 1.35. The van der Waals surface area contributed by atoms with E-state index < -0.39 is 21.8 Å². The Morgan fingerprint density at radius 3 is 2.09 bits per heavy atom. The van der Waals surface area contributed by atoms with Crippen molar-refractivity contribution >= 4 is 27.3 Å². The fourth-order valence-corrected chi connectivity index (χ4v) is 7.45. The standard InChI is InChI=1S/C38H43F3N4O8S/c1-49-31-13-9-25(21-33(31)51-3)15-16-42-30-12-10-26(22-34(30)54(47,48)43-29-8-6-7-28(23-29)38(39,40)41)37(46)45-19-17-44(18-20-45)24-27-11-14-32(50-2)36(53-5)35(27)52-4/h6-14,21-23,42-43H,15-20,24H2,1-5H3. The van der Waals surface area contributed by atoms with E-state index in [9.17, 15) is 26.4 Å². The van der Waals surface area contributed by atoms with Crippen LogP contribution in [0, 0.1) is 0 Å². The number of hydrogen-bond donors (Lipinski definition) is 2. The summed E-state index contributed by atoms with van der Waals surface area (Å²) in [5.41, 5.74) is 0.748. The molecule has 0 saturated carbocycles. The third-order valence-corrected chi connectivity index (χ3v) is 10.4. The van der Waals surface area contributed by atoms with Gasteiger partial charge in [-0.2, -0.15) is 13.2 Å². The van der Waals surface area contributed by atoms with Crippen LogP contribution in [0.1, 0.15) is 27.0 Å². The number of sulfonamides is 1. The van der Waals surface area contributed by atoms with Crippen molar-refractivity contribution in [2.75, 3.05) is 78.3 Å². The van der Waals surface area contributed by atoms with Crippen LogP contribution in [0.3, 0.4) is 0 Å². The molecule has 4 aromatic carbocycles. The first-order valence-corrected chi connectivity index (χ1v) is 18.4. The van der Waals surface area contributed by atoms with Gasteiger partial charge in [-0.15, -0.1) is 0 Å². The molecule has 0 aliphatic carbocycles. The summed E-state index contributed by atoms with van der Waals surface area (Å²) >= 11 is 0. The first-order chi connectivity index (χ1) is 25.8. The van der Waals surface area contributed by atoms with Crippen molar-refractivity contribution in [2.24, 2.45) is 0 Å². The van der Waals surface area contributed by atoms with Gasteiger partial charge in [-0.1, -0.05) is 18.2 Å². The number of anilines is 2. The first kappa shape index (κ1) is 39.8. The van der Waals surface area contributed by atoms with Crippen LogP contribution in [0.5, 0.6) is 28.7 Å². The molecule has 54 heavy (non-hydrogen) atoms. The lowest BCUT2D eigenvalue weighted by atomic mass is 10.1. The van der Waals surface area contributed by atoms with Crippen LogP contribution >= 0.6 is 0 Å². The van der Waals surface area contributed by atoms with Crippen LogP contribution < -0.4 is 33.7 Å². The van der Waals surface area contributed by atoms with Crippen LogP contribution in [0.2, 0.25) is 0 Å². The number of methoxy groups -OCH3 is 5. The number of hydrogen-bond acceptors (Lipinski definition) is 10. The van der Waals surface area contributed by atoms with Gasteiger partial charge in [0.1, 0.15) is 4.90 Å². The minimum Gasteiger partial charge on any atom is -0.493 e. The monoisotopic (exact) mass is 772 g/mol. The topological polar surface area (TPSA) is 128 Å². The number of carbonyl (C=O) groups is 1. The molecule has 2 N–H and O–H groups in total. The van der Waals surface area contributed by atoms with Crippen LogP contribution in [0.25, 0.3) is 0 Å². The number of alkyl halides is 3. The van der Waals surface area contributed by atoms with Crippen LogP contribution in [-0.2, 0) is 29.2 Å². The van der Waals surface area contributed by atoms with Crippen molar-refractivity contribution in [1.29, 1.82) is 0 Å². The van der Waals surface area contributed by atoms with E-state index in [1.807, 2.05) is 12.1 Å². The van der Waals surface area contributed by atoms with Gasteiger partial charge in [0.2, 0.25) is 5.75 Å². The number of amides is 1. The number of benzene rings is 4. The normalized spacial score (nSPS) is 13.6. The van der Waals surface area contributed by atoms with E-state index in [4.69, 9.17) is 23.7 Å². The molecule has 0 atom stereocenters. The molecule has 1 aliphatic heterocycles. The van der Waals surface area contributed by atoms with E-state index in [1.165, 1.54) is 45.6 Å². The van der Waals surface area contributed by atoms with Crippen LogP contribution in [-0.4, -0.2) is 92.4 Å². The third kappa shape index (κ3) is 9.23. The first-order valence-electron chi connectivity index (χ1n) is 16.9. The molecule has 0 spiro atoms. The van der Waals surface area contributed by atoms with E-state index in [0.29, 0.717) is 74.0 Å². The molecule has 1 saturated heterocycles. The van der Waals surface area contributed by atoms with Crippen molar-refractivity contribution < 1.29 is 50.1 Å². The van der Waals surface area contributed by atoms with Crippen LogP contribution in [0.4, 0.5) is 24.5 Å². The summed E-state index contributed by atoms with van der Waals surface area (Å²) in [6.45, 7) is 2.59. The number of nitrogens with zero attached hydrogens (tertiary/aromatic N) is 2. The Labute approximate surface area is 312 Å². The zero-order chi connectivity index (χ0) is 39.0. The molecule has 290 valence electrons. The molecule has 0 aromatic heterocycles. The second-order valence-electron chi connectivity index (χ2n) is 12.3. The third-order valence-electron chi connectivity index (χ3n) is 8.98. The summed E-state index contributed by atoms with van der Waals surface area (Å²) in [5.74, 6) is 2.29. The zero-order valence-corrected chi connectivity index (χ0v) is 31.4. The molecule has 16 heteroatoms. The van der Waals surface area contributed by atoms with Gasteiger partial charge in [-0.25, -0.2) is 8.42 Å². The van der Waals surface area contributed by atoms with Gasteiger partial charge >= 0.3 is 6.18 Å². The van der Waals surface area contributed by atoms with Crippen molar-refractivity contribution in [2.45, 2.75) is 24.0 Å². The zero-order valence-electron chi connectivity index (χ0n) is 30.6. The van der Waals surface area contributed by atoms with Crippen molar-refractivity contribution in [3.8, 4) is 28.7 Å². The maximum Gasteiger partial charge on any atom is 0.416 e. The average molecular weight is 773 g/mol. The predicted molar refractivity (Wildman–Crippen MR) is 198 cm³/mol. The van der Waals surface area contributed by atoms with Crippen molar-refractivity contribution in [3.05, 3.63) is 95.1 Å². The summed E-state index contributed by atoms with van der Waals surface area (Å²) < 4.78 is 97.5. The molecule has 4 aromatic rings. The second kappa shape index (κ2) is 17.2. The van der Waals surface area contributed by atoms with Gasteiger partial charge in [0.05, 0.1) is 46.8 Å². The number of nitrogens with one attached hydrogen (secondary N) is 2. The fraction of sp³-hybridized carbons (Fsp3) is 0.342. The Hall–Kier alpha value is -5.35. The molecule has 1 amide bonds. The molecule has 1 aliphatic rings. The smallest absolute Gasteiger partial charge is 0.416 e. The van der Waals surface area contributed by atoms with Crippen LogP contribution in [0.15, 0.2) is 77.7 Å². The largest absolute Gasteiger partial charge is 0.493 e. The number of ether oxygens (including phenoxy) is 5. The van der Waals surface area contributed by atoms with Gasteiger partial charge in [0.25, 0.3) is 15.9 Å². The molecular weight excluding hydrogens is 729 g/mol. The van der Waals surface area contributed by atoms with Gasteiger partial charge < -0.3 is 33.9 Å². The fourth-order valence-electron chi connectivity index (χ4n) is 6.19. The summed E-state index contributed by atoms with van der Waals surface area (Å²) in [7, 11) is 3.20. The molecule has 1 fully saturated rings. The summed E-state index contributed by atoms with van der Waals surface area (Å²) in [6.07, 6.45) is -4.22. The summed E-state index contributed by atoms with van der Waals surface area (Å²) in [6, 6.07) is 17.3. The quantitative estimate of drug-likeness (QED) is 0.145. The Morgan fingerprint density at radius 2 is 1.44 bits per heavy atom.